The smallest absolute Gasteiger partial charge is 0.220 e. The molecule has 0 amide bonds. The summed E-state index contributed by atoms with van der Waals surface area (Å²) >= 11 is 0. The molecule has 0 aliphatic rings. The molecule has 0 fully saturated rings. The van der Waals surface area contributed by atoms with Crippen molar-refractivity contribution >= 4 is 10.0 Å². The van der Waals surface area contributed by atoms with Crippen molar-refractivity contribution in [3.63, 3.8) is 0 Å². The second kappa shape index (κ2) is 13.6. The van der Waals surface area contributed by atoms with Crippen molar-refractivity contribution < 1.29 is 32.8 Å². The molecule has 0 spiro atoms. The largest absolute Gasteiger partial charge is 0.497 e. The van der Waals surface area contributed by atoms with E-state index in [1.54, 1.807) is 50.9 Å². The molecule has 2 N–H and O–H groups in total. The number of aliphatic hydroxyl groups is 2. The van der Waals surface area contributed by atoms with Crippen LogP contribution < -0.4 is 9.47 Å². The summed E-state index contributed by atoms with van der Waals surface area (Å²) < 4.78 is 45.9. The first kappa shape index (κ1) is 29.5. The highest BCUT2D eigenvalue weighted by Gasteiger charge is 2.38. The Hall–Kier alpha value is -3.09. The van der Waals surface area contributed by atoms with Gasteiger partial charge >= 0.3 is 0 Å². The Labute approximate surface area is 223 Å². The summed E-state index contributed by atoms with van der Waals surface area (Å²) in [4.78, 5) is 8.58. The molecule has 0 bridgehead atoms. The van der Waals surface area contributed by atoms with Gasteiger partial charge in [-0.3, -0.25) is 0 Å². The molecule has 10 nitrogen and oxygen atoms in total. The molecule has 3 aromatic rings. The lowest BCUT2D eigenvalue weighted by Gasteiger charge is -2.30. The number of aromatic nitrogens is 2. The predicted octanol–water partition coefficient (Wildman–Crippen LogP) is 2.63. The molecular formula is C27H35N3O7S. The maximum atomic E-state index is 14.1. The number of sulfonamides is 1. The van der Waals surface area contributed by atoms with Gasteiger partial charge in [0.2, 0.25) is 10.0 Å². The van der Waals surface area contributed by atoms with Crippen molar-refractivity contribution in [2.24, 2.45) is 0 Å². The van der Waals surface area contributed by atoms with E-state index in [1.165, 1.54) is 11.2 Å². The van der Waals surface area contributed by atoms with E-state index in [9.17, 15) is 18.6 Å². The number of hydrogen-bond acceptors (Lipinski definition) is 9. The highest BCUT2D eigenvalue weighted by molar-refractivity contribution is 7.89. The molecule has 3 rings (SSSR count). The van der Waals surface area contributed by atoms with E-state index in [0.29, 0.717) is 11.5 Å². The van der Waals surface area contributed by atoms with Gasteiger partial charge in [0.1, 0.15) is 29.0 Å². The second-order valence-corrected chi connectivity index (χ2v) is 11.2. The van der Waals surface area contributed by atoms with E-state index < -0.39 is 34.1 Å². The fraction of sp³-hybridized carbons (Fsp3) is 0.407. The van der Waals surface area contributed by atoms with Crippen LogP contribution in [-0.2, 0) is 27.8 Å². The Morgan fingerprint density at radius 2 is 1.37 bits per heavy atom. The number of aliphatic hydroxyl groups excluding tert-OH is 2. The van der Waals surface area contributed by atoms with Crippen molar-refractivity contribution in [3.05, 3.63) is 83.4 Å². The van der Waals surface area contributed by atoms with Crippen LogP contribution in [-0.4, -0.2) is 71.7 Å². The van der Waals surface area contributed by atoms with Gasteiger partial charge in [0.15, 0.2) is 5.82 Å². The average molecular weight is 546 g/mol. The van der Waals surface area contributed by atoms with Crippen molar-refractivity contribution in [1.29, 1.82) is 0 Å². The van der Waals surface area contributed by atoms with E-state index in [1.807, 2.05) is 31.2 Å². The quantitative estimate of drug-likeness (QED) is 0.314. The van der Waals surface area contributed by atoms with E-state index in [4.69, 9.17) is 14.2 Å². The van der Waals surface area contributed by atoms with Crippen LogP contribution in [0.25, 0.3) is 0 Å². The molecule has 0 saturated carbocycles. The topological polar surface area (TPSA) is 131 Å². The highest BCUT2D eigenvalue weighted by Crippen LogP contribution is 2.29. The fourth-order valence-electron chi connectivity index (χ4n) is 3.73. The molecule has 0 aliphatic carbocycles. The maximum Gasteiger partial charge on any atom is 0.220 e. The molecule has 11 heteroatoms. The van der Waals surface area contributed by atoms with E-state index in [0.717, 1.165) is 16.7 Å². The minimum atomic E-state index is -4.02. The van der Waals surface area contributed by atoms with Gasteiger partial charge < -0.3 is 24.4 Å². The van der Waals surface area contributed by atoms with Gasteiger partial charge in [-0.15, -0.1) is 0 Å². The van der Waals surface area contributed by atoms with Gasteiger partial charge in [0, 0.05) is 25.5 Å². The first-order valence-electron chi connectivity index (χ1n) is 12.1. The summed E-state index contributed by atoms with van der Waals surface area (Å²) in [6.07, 6.45) is 0.892. The van der Waals surface area contributed by atoms with Crippen LogP contribution in [0.1, 0.15) is 35.5 Å². The van der Waals surface area contributed by atoms with Gasteiger partial charge in [0.05, 0.1) is 27.4 Å². The van der Waals surface area contributed by atoms with Crippen LogP contribution in [0.3, 0.4) is 0 Å². The normalized spacial score (nSPS) is 14.2. The molecular weight excluding hydrogens is 510 g/mol. The van der Waals surface area contributed by atoms with Crippen LogP contribution in [0.2, 0.25) is 0 Å². The standard InChI is InChI=1S/C27H35N3O7S/c1-19-13-28-27(29-14-19)26(37-18-23(32)17-31)20(2)38(33,34)30(15-21-5-9-24(35-3)10-6-21)16-22-7-11-25(36-4)12-8-22/h5-14,20,23,26,31-32H,15-18H2,1-4H3. The first-order valence-corrected chi connectivity index (χ1v) is 13.6. The second-order valence-electron chi connectivity index (χ2n) is 8.92. The fourth-order valence-corrected chi connectivity index (χ4v) is 5.37. The van der Waals surface area contributed by atoms with Gasteiger partial charge in [0.25, 0.3) is 0 Å². The molecule has 1 heterocycles. The highest BCUT2D eigenvalue weighted by atomic mass is 32.2. The van der Waals surface area contributed by atoms with Gasteiger partial charge in [-0.25, -0.2) is 18.4 Å². The summed E-state index contributed by atoms with van der Waals surface area (Å²) in [6.45, 7) is 2.75. The number of ether oxygens (including phenoxy) is 3. The van der Waals surface area contributed by atoms with E-state index in [2.05, 4.69) is 9.97 Å². The van der Waals surface area contributed by atoms with Crippen LogP contribution in [0.4, 0.5) is 0 Å². The van der Waals surface area contributed by atoms with Crippen LogP contribution in [0.5, 0.6) is 11.5 Å². The average Bonchev–Trinajstić information content (AvgIpc) is 2.94. The number of benzene rings is 2. The SMILES string of the molecule is COc1ccc(CN(Cc2ccc(OC)cc2)S(=O)(=O)C(C)C(OCC(O)CO)c2ncc(C)cn2)cc1. The van der Waals surface area contributed by atoms with Gasteiger partial charge in [-0.1, -0.05) is 24.3 Å². The van der Waals surface area contributed by atoms with E-state index >= 15 is 0 Å². The molecule has 2 aromatic carbocycles. The van der Waals surface area contributed by atoms with E-state index in [-0.39, 0.29) is 25.5 Å². The van der Waals surface area contributed by atoms with Crippen LogP contribution >= 0.6 is 0 Å². The third-order valence-corrected chi connectivity index (χ3v) is 8.19. The number of nitrogens with zero attached hydrogens (tertiary/aromatic N) is 3. The predicted molar refractivity (Wildman–Crippen MR) is 142 cm³/mol. The maximum absolute atomic E-state index is 14.1. The lowest BCUT2D eigenvalue weighted by molar-refractivity contribution is -0.0329. The Balaban J connectivity index is 1.97. The third kappa shape index (κ3) is 7.71. The summed E-state index contributed by atoms with van der Waals surface area (Å²) in [5, 5.41) is 18.0. The zero-order valence-electron chi connectivity index (χ0n) is 22.0. The minimum Gasteiger partial charge on any atom is -0.497 e. The van der Waals surface area contributed by atoms with Gasteiger partial charge in [-0.05, 0) is 54.8 Å². The molecule has 0 radical (unpaired) electrons. The minimum absolute atomic E-state index is 0.101. The first-order chi connectivity index (χ1) is 18.2. The van der Waals surface area contributed by atoms with Crippen LogP contribution in [0.15, 0.2) is 60.9 Å². The summed E-state index contributed by atoms with van der Waals surface area (Å²) in [5.74, 6) is 1.50. The van der Waals surface area contributed by atoms with Crippen molar-refractivity contribution in [2.75, 3.05) is 27.4 Å². The summed E-state index contributed by atoms with van der Waals surface area (Å²) in [5.41, 5.74) is 2.35. The number of rotatable bonds is 14. The van der Waals surface area contributed by atoms with Crippen LogP contribution in [0, 0.1) is 6.92 Å². The van der Waals surface area contributed by atoms with Crippen molar-refractivity contribution in [3.8, 4) is 11.5 Å². The lowest BCUT2D eigenvalue weighted by Crippen LogP contribution is -2.41. The number of methoxy groups -OCH3 is 2. The zero-order valence-corrected chi connectivity index (χ0v) is 22.8. The Bertz CT molecular complexity index is 1190. The Morgan fingerprint density at radius 3 is 1.79 bits per heavy atom. The monoisotopic (exact) mass is 545 g/mol. The summed E-state index contributed by atoms with van der Waals surface area (Å²) in [6, 6.07) is 14.4. The molecule has 1 aromatic heterocycles. The number of hydrogen-bond donors (Lipinski definition) is 2. The number of aryl methyl sites for hydroxylation is 1. The molecule has 0 aliphatic heterocycles. The van der Waals surface area contributed by atoms with Crippen molar-refractivity contribution in [1.82, 2.24) is 14.3 Å². The molecule has 206 valence electrons. The lowest BCUT2D eigenvalue weighted by atomic mass is 10.2. The molecule has 0 saturated heterocycles. The molecule has 38 heavy (non-hydrogen) atoms. The van der Waals surface area contributed by atoms with Gasteiger partial charge in [-0.2, -0.15) is 4.31 Å². The Morgan fingerprint density at radius 1 is 0.895 bits per heavy atom. The summed E-state index contributed by atoms with van der Waals surface area (Å²) in [7, 11) is -0.884. The third-order valence-electron chi connectivity index (χ3n) is 6.03. The zero-order chi connectivity index (χ0) is 27.7. The van der Waals surface area contributed by atoms with Crippen molar-refractivity contribution in [2.45, 2.75) is 44.4 Å². The Kier molecular flexibility index (Phi) is 10.6. The molecule has 3 atom stereocenters. The molecule has 3 unspecified atom stereocenters.